The number of carbonyl (C=O) groups excluding carboxylic acids is 1. The van der Waals surface area contributed by atoms with Crippen molar-refractivity contribution in [2.24, 2.45) is 11.1 Å². The van der Waals surface area contributed by atoms with E-state index >= 15 is 0 Å². The summed E-state index contributed by atoms with van der Waals surface area (Å²) < 4.78 is 23.8. The van der Waals surface area contributed by atoms with E-state index in [0.717, 1.165) is 0 Å². The minimum absolute atomic E-state index is 0.108. The smallest absolute Gasteiger partial charge is 0.314 e. The summed E-state index contributed by atoms with van der Waals surface area (Å²) in [5.41, 5.74) is 5.27. The van der Waals surface area contributed by atoms with E-state index in [2.05, 4.69) is 4.74 Å². The molecule has 0 bridgehead atoms. The van der Waals surface area contributed by atoms with Crippen LogP contribution in [-0.4, -0.2) is 19.7 Å². The van der Waals surface area contributed by atoms with Crippen LogP contribution in [0.15, 0.2) is 18.2 Å². The molecule has 0 saturated carbocycles. The molecule has 106 valence electrons. The van der Waals surface area contributed by atoms with Crippen LogP contribution in [0.4, 0.5) is 4.39 Å². The lowest BCUT2D eigenvalue weighted by molar-refractivity contribution is -0.152. The van der Waals surface area contributed by atoms with E-state index in [1.807, 2.05) is 0 Å². The van der Waals surface area contributed by atoms with Gasteiger partial charge in [0.1, 0.15) is 18.2 Å². The Bertz CT molecular complexity index is 458. The Kier molecular flexibility index (Phi) is 4.89. The number of halogens is 1. The van der Waals surface area contributed by atoms with Gasteiger partial charge in [0.2, 0.25) is 0 Å². The monoisotopic (exact) mass is 269 g/mol. The molecule has 4 nitrogen and oxygen atoms in total. The molecular formula is C14H20FNO3. The van der Waals surface area contributed by atoms with Crippen LogP contribution in [-0.2, 0) is 9.53 Å². The molecule has 1 aromatic carbocycles. The maximum atomic E-state index is 13.7. The van der Waals surface area contributed by atoms with Crippen molar-refractivity contribution in [1.82, 2.24) is 0 Å². The highest BCUT2D eigenvalue weighted by Crippen LogP contribution is 2.23. The van der Waals surface area contributed by atoms with E-state index in [4.69, 9.17) is 10.5 Å². The second-order valence-electron chi connectivity index (χ2n) is 5.14. The summed E-state index contributed by atoms with van der Waals surface area (Å²) in [5, 5.41) is 0. The zero-order valence-corrected chi connectivity index (χ0v) is 11.7. The lowest BCUT2D eigenvalue weighted by atomic mass is 9.95. The summed E-state index contributed by atoms with van der Waals surface area (Å²) in [6.07, 6.45) is 0. The van der Waals surface area contributed by atoms with Gasteiger partial charge in [0.15, 0.2) is 0 Å². The molecule has 0 aliphatic heterocycles. The first-order valence-electron chi connectivity index (χ1n) is 6.04. The van der Waals surface area contributed by atoms with Crippen molar-refractivity contribution in [2.75, 3.05) is 13.7 Å². The van der Waals surface area contributed by atoms with Gasteiger partial charge in [-0.25, -0.2) is 4.39 Å². The topological polar surface area (TPSA) is 61.5 Å². The third-order valence-electron chi connectivity index (χ3n) is 2.80. The zero-order chi connectivity index (χ0) is 14.6. The Hall–Kier alpha value is -1.62. The number of nitrogens with two attached hydrogens (primary N) is 1. The highest BCUT2D eigenvalue weighted by Gasteiger charge is 2.29. The standard InChI is InChI=1S/C14H20FNO3/c1-9(16)11-6-5-10(7-12(11)15)19-8-14(2,3)13(17)18-4/h5-7,9H,8,16H2,1-4H3/t9-/m1/s1. The van der Waals surface area contributed by atoms with Crippen LogP contribution in [0.3, 0.4) is 0 Å². The fourth-order valence-corrected chi connectivity index (χ4v) is 1.57. The van der Waals surface area contributed by atoms with Crippen molar-refractivity contribution in [3.63, 3.8) is 0 Å². The predicted molar refractivity (Wildman–Crippen MR) is 70.3 cm³/mol. The Morgan fingerprint density at radius 1 is 1.47 bits per heavy atom. The van der Waals surface area contributed by atoms with Gasteiger partial charge in [-0.2, -0.15) is 0 Å². The van der Waals surface area contributed by atoms with Crippen LogP contribution in [0.1, 0.15) is 32.4 Å². The van der Waals surface area contributed by atoms with Gasteiger partial charge in [-0.1, -0.05) is 6.07 Å². The number of hydrogen-bond donors (Lipinski definition) is 1. The average molecular weight is 269 g/mol. The van der Waals surface area contributed by atoms with E-state index in [1.54, 1.807) is 32.9 Å². The first-order chi connectivity index (χ1) is 8.77. The van der Waals surface area contributed by atoms with Crippen molar-refractivity contribution in [2.45, 2.75) is 26.8 Å². The Morgan fingerprint density at radius 3 is 2.58 bits per heavy atom. The van der Waals surface area contributed by atoms with Crippen molar-refractivity contribution < 1.29 is 18.7 Å². The molecule has 0 heterocycles. The molecule has 2 N–H and O–H groups in total. The quantitative estimate of drug-likeness (QED) is 0.834. The molecule has 0 fully saturated rings. The molecule has 0 aliphatic carbocycles. The molecule has 0 unspecified atom stereocenters. The van der Waals surface area contributed by atoms with E-state index in [9.17, 15) is 9.18 Å². The molecule has 0 saturated heterocycles. The van der Waals surface area contributed by atoms with E-state index in [0.29, 0.717) is 11.3 Å². The third kappa shape index (κ3) is 3.92. The fourth-order valence-electron chi connectivity index (χ4n) is 1.57. The van der Waals surface area contributed by atoms with Crippen LogP contribution in [0, 0.1) is 11.2 Å². The van der Waals surface area contributed by atoms with Crippen LogP contribution >= 0.6 is 0 Å². The molecule has 1 atom stereocenters. The Balaban J connectivity index is 2.74. The molecule has 0 radical (unpaired) electrons. The van der Waals surface area contributed by atoms with Gasteiger partial charge < -0.3 is 15.2 Å². The first kappa shape index (κ1) is 15.4. The summed E-state index contributed by atoms with van der Waals surface area (Å²) in [6, 6.07) is 4.11. The van der Waals surface area contributed by atoms with Crippen molar-refractivity contribution in [3.8, 4) is 5.75 Å². The van der Waals surface area contributed by atoms with Crippen LogP contribution < -0.4 is 10.5 Å². The van der Waals surface area contributed by atoms with Crippen molar-refractivity contribution in [1.29, 1.82) is 0 Å². The second-order valence-corrected chi connectivity index (χ2v) is 5.14. The van der Waals surface area contributed by atoms with E-state index < -0.39 is 11.2 Å². The molecule has 0 aromatic heterocycles. The second kappa shape index (κ2) is 6.02. The minimum atomic E-state index is -0.787. The molecule has 0 spiro atoms. The summed E-state index contributed by atoms with van der Waals surface area (Å²) in [6.45, 7) is 5.22. The molecule has 0 amide bonds. The largest absolute Gasteiger partial charge is 0.492 e. The lowest BCUT2D eigenvalue weighted by Gasteiger charge is -2.21. The van der Waals surface area contributed by atoms with Crippen molar-refractivity contribution >= 4 is 5.97 Å². The van der Waals surface area contributed by atoms with Gasteiger partial charge >= 0.3 is 5.97 Å². The molecule has 1 rings (SSSR count). The third-order valence-corrected chi connectivity index (χ3v) is 2.80. The highest BCUT2D eigenvalue weighted by molar-refractivity contribution is 5.75. The number of hydrogen-bond acceptors (Lipinski definition) is 4. The Labute approximate surface area is 112 Å². The van der Waals surface area contributed by atoms with Gasteiger partial charge in [0.05, 0.1) is 12.5 Å². The summed E-state index contributed by atoms with van der Waals surface area (Å²) in [7, 11) is 1.32. The maximum Gasteiger partial charge on any atom is 0.314 e. The predicted octanol–water partition coefficient (Wildman–Crippen LogP) is 2.42. The SMILES string of the molecule is COC(=O)C(C)(C)COc1ccc([C@@H](C)N)c(F)c1. The van der Waals surface area contributed by atoms with Gasteiger partial charge in [-0.3, -0.25) is 4.79 Å². The lowest BCUT2D eigenvalue weighted by Crippen LogP contribution is -2.32. The number of ether oxygens (including phenoxy) is 2. The Morgan fingerprint density at radius 2 is 2.11 bits per heavy atom. The molecule has 0 aliphatic rings. The number of rotatable bonds is 5. The maximum absolute atomic E-state index is 13.7. The van der Waals surface area contributed by atoms with Crippen LogP contribution in [0.2, 0.25) is 0 Å². The molecule has 19 heavy (non-hydrogen) atoms. The van der Waals surface area contributed by atoms with Gasteiger partial charge in [0, 0.05) is 17.7 Å². The normalized spacial score (nSPS) is 12.9. The van der Waals surface area contributed by atoms with Crippen LogP contribution in [0.25, 0.3) is 0 Å². The minimum Gasteiger partial charge on any atom is -0.492 e. The number of methoxy groups -OCH3 is 1. The van der Waals surface area contributed by atoms with Gasteiger partial charge in [0.25, 0.3) is 0 Å². The molecular weight excluding hydrogens is 249 g/mol. The number of benzene rings is 1. The van der Waals surface area contributed by atoms with Crippen molar-refractivity contribution in [3.05, 3.63) is 29.6 Å². The molecule has 5 heteroatoms. The average Bonchev–Trinajstić information content (AvgIpc) is 2.35. The fraction of sp³-hybridized carbons (Fsp3) is 0.500. The first-order valence-corrected chi connectivity index (χ1v) is 6.04. The summed E-state index contributed by atoms with van der Waals surface area (Å²) >= 11 is 0. The molecule has 1 aromatic rings. The number of esters is 1. The summed E-state index contributed by atoms with van der Waals surface area (Å²) in [5.74, 6) is -0.428. The van der Waals surface area contributed by atoms with E-state index in [-0.39, 0.29) is 18.6 Å². The van der Waals surface area contributed by atoms with Gasteiger partial charge in [-0.05, 0) is 26.8 Å². The van der Waals surface area contributed by atoms with E-state index in [1.165, 1.54) is 13.2 Å². The van der Waals surface area contributed by atoms with Crippen LogP contribution in [0.5, 0.6) is 5.75 Å². The highest BCUT2D eigenvalue weighted by atomic mass is 19.1. The van der Waals surface area contributed by atoms with Gasteiger partial charge in [-0.15, -0.1) is 0 Å². The summed E-state index contributed by atoms with van der Waals surface area (Å²) in [4.78, 5) is 11.5. The zero-order valence-electron chi connectivity index (χ0n) is 11.7. The number of carbonyl (C=O) groups is 1.